The fourth-order valence-corrected chi connectivity index (χ4v) is 5.60. The van der Waals surface area contributed by atoms with E-state index in [9.17, 15) is 13.2 Å². The summed E-state index contributed by atoms with van der Waals surface area (Å²) in [5, 5.41) is 0. The number of allylic oxidation sites excluding steroid dienone is 1. The molecule has 1 atom stereocenters. The lowest BCUT2D eigenvalue weighted by molar-refractivity contribution is -0.105. The largest absolute Gasteiger partial charge is 0.298 e. The van der Waals surface area contributed by atoms with E-state index in [2.05, 4.69) is 0 Å². The average Bonchev–Trinajstić information content (AvgIpc) is 2.90. The van der Waals surface area contributed by atoms with Crippen molar-refractivity contribution in [1.29, 1.82) is 0 Å². The molecule has 1 aliphatic carbocycles. The SMILES string of the molecule is Cc1ccc(S(=O)(=O)N2C[C@]3(C)CC(C=O)=Cc4cccc2c43)cc1. The lowest BCUT2D eigenvalue weighted by Crippen LogP contribution is -2.36. The van der Waals surface area contributed by atoms with Crippen molar-refractivity contribution in [2.24, 2.45) is 0 Å². The number of carbonyl (C=O) groups is 1. The van der Waals surface area contributed by atoms with Crippen molar-refractivity contribution in [3.63, 3.8) is 0 Å². The molecule has 1 heterocycles. The summed E-state index contributed by atoms with van der Waals surface area (Å²) in [6.07, 6.45) is 3.30. The zero-order chi connectivity index (χ0) is 17.8. The molecule has 0 unspecified atom stereocenters. The number of anilines is 1. The molecular formula is C20H19NO3S. The molecule has 4 rings (SSSR count). The maximum atomic E-state index is 13.2. The Morgan fingerprint density at radius 2 is 1.84 bits per heavy atom. The van der Waals surface area contributed by atoms with Gasteiger partial charge in [0.05, 0.1) is 10.6 Å². The summed E-state index contributed by atoms with van der Waals surface area (Å²) >= 11 is 0. The fourth-order valence-electron chi connectivity index (χ4n) is 4.00. The molecule has 5 heteroatoms. The molecule has 0 amide bonds. The van der Waals surface area contributed by atoms with Crippen LogP contribution >= 0.6 is 0 Å². The zero-order valence-electron chi connectivity index (χ0n) is 14.2. The lowest BCUT2D eigenvalue weighted by Gasteiger charge is -2.30. The number of aldehydes is 1. The average molecular weight is 353 g/mol. The van der Waals surface area contributed by atoms with Gasteiger partial charge in [0.1, 0.15) is 6.29 Å². The molecule has 0 aromatic heterocycles. The second-order valence-corrected chi connectivity index (χ2v) is 9.00. The minimum Gasteiger partial charge on any atom is -0.298 e. The summed E-state index contributed by atoms with van der Waals surface area (Å²) in [5.41, 5.74) is 4.04. The Hall–Kier alpha value is -2.40. The Bertz CT molecular complexity index is 1010. The van der Waals surface area contributed by atoms with Gasteiger partial charge in [0, 0.05) is 12.0 Å². The maximum absolute atomic E-state index is 13.2. The second-order valence-electron chi connectivity index (χ2n) is 7.14. The number of aryl methyl sites for hydroxylation is 1. The van der Waals surface area contributed by atoms with E-state index in [0.717, 1.165) is 28.7 Å². The minimum absolute atomic E-state index is 0.293. The molecule has 0 N–H and O–H groups in total. The smallest absolute Gasteiger partial charge is 0.264 e. The minimum atomic E-state index is -3.64. The molecule has 0 spiro atoms. The first-order chi connectivity index (χ1) is 11.8. The molecule has 1 aliphatic heterocycles. The van der Waals surface area contributed by atoms with Crippen molar-refractivity contribution in [2.45, 2.75) is 30.6 Å². The number of carbonyl (C=O) groups excluding carboxylic acids is 1. The topological polar surface area (TPSA) is 54.5 Å². The predicted octanol–water partition coefficient (Wildman–Crippen LogP) is 3.45. The van der Waals surface area contributed by atoms with Gasteiger partial charge in [0.15, 0.2) is 0 Å². The highest BCUT2D eigenvalue weighted by atomic mass is 32.2. The third-order valence-corrected chi connectivity index (χ3v) is 6.91. The van der Waals surface area contributed by atoms with Crippen molar-refractivity contribution >= 4 is 28.1 Å². The van der Waals surface area contributed by atoms with Gasteiger partial charge in [-0.05, 0) is 54.3 Å². The van der Waals surface area contributed by atoms with Gasteiger partial charge in [-0.2, -0.15) is 0 Å². The van der Waals surface area contributed by atoms with Crippen LogP contribution in [0.25, 0.3) is 6.08 Å². The van der Waals surface area contributed by atoms with Gasteiger partial charge in [-0.3, -0.25) is 9.10 Å². The van der Waals surface area contributed by atoms with Crippen LogP contribution in [0.5, 0.6) is 0 Å². The van der Waals surface area contributed by atoms with Crippen molar-refractivity contribution in [1.82, 2.24) is 0 Å². The van der Waals surface area contributed by atoms with E-state index in [1.165, 1.54) is 4.31 Å². The van der Waals surface area contributed by atoms with Crippen molar-refractivity contribution in [3.8, 4) is 0 Å². The number of sulfonamides is 1. The monoisotopic (exact) mass is 353 g/mol. The number of hydrogen-bond acceptors (Lipinski definition) is 3. The summed E-state index contributed by atoms with van der Waals surface area (Å²) in [4.78, 5) is 11.6. The van der Waals surface area contributed by atoms with Crippen LogP contribution in [0.2, 0.25) is 0 Å². The van der Waals surface area contributed by atoms with Crippen molar-refractivity contribution in [2.75, 3.05) is 10.8 Å². The Morgan fingerprint density at radius 3 is 2.52 bits per heavy atom. The molecule has 2 aromatic carbocycles. The van der Waals surface area contributed by atoms with E-state index in [0.29, 0.717) is 23.4 Å². The van der Waals surface area contributed by atoms with Crippen LogP contribution in [0, 0.1) is 6.92 Å². The quantitative estimate of drug-likeness (QED) is 0.794. The molecule has 25 heavy (non-hydrogen) atoms. The Balaban J connectivity index is 1.87. The maximum Gasteiger partial charge on any atom is 0.264 e. The molecule has 0 saturated heterocycles. The predicted molar refractivity (Wildman–Crippen MR) is 98.2 cm³/mol. The highest BCUT2D eigenvalue weighted by molar-refractivity contribution is 7.92. The normalized spacial score (nSPS) is 21.7. The van der Waals surface area contributed by atoms with Crippen LogP contribution in [0.4, 0.5) is 5.69 Å². The van der Waals surface area contributed by atoms with Crippen molar-refractivity contribution < 1.29 is 13.2 Å². The summed E-state index contributed by atoms with van der Waals surface area (Å²) in [6.45, 7) is 4.32. The summed E-state index contributed by atoms with van der Waals surface area (Å²) < 4.78 is 28.0. The zero-order valence-corrected chi connectivity index (χ0v) is 15.0. The molecule has 2 aliphatic rings. The van der Waals surface area contributed by atoms with E-state index < -0.39 is 10.0 Å². The van der Waals surface area contributed by atoms with E-state index in [4.69, 9.17) is 0 Å². The number of nitrogens with zero attached hydrogens (tertiary/aromatic N) is 1. The van der Waals surface area contributed by atoms with E-state index in [1.54, 1.807) is 12.1 Å². The molecule has 4 nitrogen and oxygen atoms in total. The first-order valence-corrected chi connectivity index (χ1v) is 9.68. The fraction of sp³-hybridized carbons (Fsp3) is 0.250. The van der Waals surface area contributed by atoms with Gasteiger partial charge >= 0.3 is 0 Å². The van der Waals surface area contributed by atoms with Crippen LogP contribution in [0.3, 0.4) is 0 Å². The summed E-state index contributed by atoms with van der Waals surface area (Å²) in [7, 11) is -3.64. The van der Waals surface area contributed by atoms with Gasteiger partial charge in [0.2, 0.25) is 0 Å². The van der Waals surface area contributed by atoms with Crippen LogP contribution < -0.4 is 4.31 Å². The first-order valence-electron chi connectivity index (χ1n) is 8.24. The standard InChI is InChI=1S/C20H19NO3S/c1-14-6-8-17(9-7-14)25(23,24)21-13-20(2)11-15(12-22)10-16-4-3-5-18(21)19(16)20/h3-10,12H,11,13H2,1-2H3/t20-/m0/s1. The third kappa shape index (κ3) is 2.34. The molecular weight excluding hydrogens is 334 g/mol. The molecule has 2 aromatic rings. The highest BCUT2D eigenvalue weighted by Crippen LogP contribution is 2.50. The molecule has 128 valence electrons. The summed E-state index contributed by atoms with van der Waals surface area (Å²) in [5.74, 6) is 0. The molecule has 0 radical (unpaired) electrons. The van der Waals surface area contributed by atoms with Crippen LogP contribution in [-0.4, -0.2) is 21.2 Å². The summed E-state index contributed by atoms with van der Waals surface area (Å²) in [6, 6.07) is 12.6. The highest BCUT2D eigenvalue weighted by Gasteiger charge is 2.46. The first kappa shape index (κ1) is 16.1. The van der Waals surface area contributed by atoms with Crippen LogP contribution in [0.15, 0.2) is 52.9 Å². The number of hydrogen-bond donors (Lipinski definition) is 0. The van der Waals surface area contributed by atoms with Gasteiger partial charge in [0.25, 0.3) is 10.0 Å². The van der Waals surface area contributed by atoms with Gasteiger partial charge in [-0.25, -0.2) is 8.42 Å². The van der Waals surface area contributed by atoms with Crippen LogP contribution in [-0.2, 0) is 20.2 Å². The van der Waals surface area contributed by atoms with Crippen LogP contribution in [0.1, 0.15) is 30.0 Å². The van der Waals surface area contributed by atoms with Gasteiger partial charge in [-0.1, -0.05) is 36.8 Å². The number of rotatable bonds is 3. The second kappa shape index (κ2) is 5.30. The Labute approximate surface area is 147 Å². The van der Waals surface area contributed by atoms with Crippen molar-refractivity contribution in [3.05, 3.63) is 64.7 Å². The third-order valence-electron chi connectivity index (χ3n) is 5.14. The van der Waals surface area contributed by atoms with E-state index in [-0.39, 0.29) is 5.41 Å². The van der Waals surface area contributed by atoms with E-state index in [1.807, 2.05) is 50.3 Å². The molecule has 0 fully saturated rings. The van der Waals surface area contributed by atoms with E-state index >= 15 is 0 Å². The van der Waals surface area contributed by atoms with Gasteiger partial charge < -0.3 is 0 Å². The Morgan fingerprint density at radius 1 is 1.12 bits per heavy atom. The molecule has 0 bridgehead atoms. The lowest BCUT2D eigenvalue weighted by atomic mass is 9.73. The molecule has 0 saturated carbocycles. The van der Waals surface area contributed by atoms with Gasteiger partial charge in [-0.15, -0.1) is 0 Å². The Kier molecular flexibility index (Phi) is 3.41. The number of benzene rings is 2.